The second-order valence-corrected chi connectivity index (χ2v) is 13.8. The molecule has 0 aromatic heterocycles. The molecule has 0 bridgehead atoms. The Morgan fingerprint density at radius 3 is 1.12 bits per heavy atom. The molecule has 2 atom stereocenters. The van der Waals surface area contributed by atoms with Crippen LogP contribution < -0.4 is 10.6 Å². The summed E-state index contributed by atoms with van der Waals surface area (Å²) in [5.41, 5.74) is 8.44. The number of carboxylic acid groups (broad SMARTS) is 2. The summed E-state index contributed by atoms with van der Waals surface area (Å²) in [6.45, 7) is 0.0752. The van der Waals surface area contributed by atoms with Crippen LogP contribution in [-0.4, -0.2) is 71.1 Å². The Balaban J connectivity index is 0.957. The summed E-state index contributed by atoms with van der Waals surface area (Å²) in [6, 6.07) is 29.0. The van der Waals surface area contributed by atoms with E-state index in [4.69, 9.17) is 9.47 Å². The van der Waals surface area contributed by atoms with E-state index in [0.717, 1.165) is 66.1 Å². The van der Waals surface area contributed by atoms with E-state index in [0.29, 0.717) is 0 Å². The maximum atomic E-state index is 12.6. The van der Waals surface area contributed by atoms with Gasteiger partial charge in [0, 0.05) is 23.3 Å². The molecule has 4 N–H and O–H groups in total. The number of fused-ring (bicyclic) bond motifs is 6. The fourth-order valence-electron chi connectivity index (χ4n) is 6.15. The van der Waals surface area contributed by atoms with Gasteiger partial charge in [0.2, 0.25) is 0 Å². The predicted molar refractivity (Wildman–Crippen MR) is 184 cm³/mol. The molecule has 0 heterocycles. The number of benzene rings is 4. The van der Waals surface area contributed by atoms with Crippen LogP contribution in [0.3, 0.4) is 0 Å². The lowest BCUT2D eigenvalue weighted by molar-refractivity contribution is -0.139. The zero-order valence-corrected chi connectivity index (χ0v) is 27.2. The molecular weight excluding hydrogens is 653 g/mol. The standard InChI is InChI=1S/C36H32N2O8S2/c39-33(40)31(37-35(43)45-17-29-25-13-5-1-9-21(25)22-10-2-6-14-26(22)29)19-47-48-20-32(34(41)42)38-36(44)46-18-30-27-15-7-3-11-23(27)24-12-4-8-16-28(24)30/h1-16,29-32H,17-20H2,(H,37,43)(H,38,44)(H,39,40)(H,41,42)/t31-,32-/m0/s1. The van der Waals surface area contributed by atoms with E-state index < -0.39 is 36.2 Å². The molecule has 0 unspecified atom stereocenters. The highest BCUT2D eigenvalue weighted by Gasteiger charge is 2.31. The first-order valence-electron chi connectivity index (χ1n) is 15.2. The molecule has 0 radical (unpaired) electrons. The van der Waals surface area contributed by atoms with Gasteiger partial charge in [0.15, 0.2) is 0 Å². The molecule has 0 aliphatic heterocycles. The molecule has 4 aromatic rings. The van der Waals surface area contributed by atoms with E-state index in [-0.39, 0.29) is 36.6 Å². The first-order chi connectivity index (χ1) is 23.3. The van der Waals surface area contributed by atoms with Gasteiger partial charge in [0.05, 0.1) is 0 Å². The molecule has 10 nitrogen and oxygen atoms in total. The van der Waals surface area contributed by atoms with Gasteiger partial charge in [-0.3, -0.25) is 0 Å². The Labute approximate surface area is 284 Å². The molecule has 4 aromatic carbocycles. The molecular formula is C36H32N2O8S2. The van der Waals surface area contributed by atoms with Gasteiger partial charge in [-0.05, 0) is 44.5 Å². The lowest BCUT2D eigenvalue weighted by Gasteiger charge is -2.18. The normalized spacial score (nSPS) is 14.1. The number of alkyl carbamates (subject to hydrolysis) is 2. The lowest BCUT2D eigenvalue weighted by Crippen LogP contribution is -2.43. The summed E-state index contributed by atoms with van der Waals surface area (Å²) in [6.07, 6.45) is -1.73. The van der Waals surface area contributed by atoms with Gasteiger partial charge in [-0.15, -0.1) is 0 Å². The Hall–Kier alpha value is -4.94. The molecule has 48 heavy (non-hydrogen) atoms. The number of carboxylic acids is 2. The van der Waals surface area contributed by atoms with Crippen LogP contribution in [0.15, 0.2) is 97.1 Å². The van der Waals surface area contributed by atoms with Crippen LogP contribution in [0.25, 0.3) is 22.3 Å². The average molecular weight is 685 g/mol. The Morgan fingerprint density at radius 2 is 0.833 bits per heavy atom. The maximum Gasteiger partial charge on any atom is 0.407 e. The van der Waals surface area contributed by atoms with Crippen LogP contribution in [-0.2, 0) is 19.1 Å². The van der Waals surface area contributed by atoms with Gasteiger partial charge in [-0.25, -0.2) is 19.2 Å². The van der Waals surface area contributed by atoms with Crippen LogP contribution in [0.2, 0.25) is 0 Å². The quantitative estimate of drug-likeness (QED) is 0.0926. The largest absolute Gasteiger partial charge is 0.480 e. The second-order valence-electron chi connectivity index (χ2n) is 11.3. The van der Waals surface area contributed by atoms with Crippen molar-refractivity contribution in [2.45, 2.75) is 23.9 Å². The Morgan fingerprint density at radius 1 is 0.542 bits per heavy atom. The van der Waals surface area contributed by atoms with Gasteiger partial charge in [0.25, 0.3) is 0 Å². The zero-order valence-electron chi connectivity index (χ0n) is 25.5. The third-order valence-corrected chi connectivity index (χ3v) is 10.8. The van der Waals surface area contributed by atoms with Crippen molar-refractivity contribution in [1.82, 2.24) is 10.6 Å². The first kappa shape index (κ1) is 33.0. The minimum Gasteiger partial charge on any atom is -0.480 e. The van der Waals surface area contributed by atoms with Crippen molar-refractivity contribution in [3.05, 3.63) is 119 Å². The number of ether oxygens (including phenoxy) is 2. The minimum atomic E-state index is -1.28. The molecule has 12 heteroatoms. The summed E-state index contributed by atoms with van der Waals surface area (Å²) in [5.74, 6) is -3.00. The summed E-state index contributed by atoms with van der Waals surface area (Å²) >= 11 is 0. The molecule has 0 fully saturated rings. The van der Waals surface area contributed by atoms with E-state index >= 15 is 0 Å². The highest BCUT2D eigenvalue weighted by molar-refractivity contribution is 8.76. The van der Waals surface area contributed by atoms with Crippen LogP contribution in [0, 0.1) is 0 Å². The van der Waals surface area contributed by atoms with Crippen LogP contribution in [0.4, 0.5) is 9.59 Å². The van der Waals surface area contributed by atoms with E-state index in [2.05, 4.69) is 10.6 Å². The SMILES string of the molecule is O=C(N[C@@H](CSSC[C@H](NC(=O)OCC1c2ccccc2-c2ccccc21)C(=O)O)C(=O)O)OCC1c2ccccc2-c2ccccc21. The Kier molecular flexibility index (Phi) is 10.2. The van der Waals surface area contributed by atoms with E-state index in [1.54, 1.807) is 0 Å². The smallest absolute Gasteiger partial charge is 0.407 e. The number of aliphatic carboxylic acids is 2. The first-order valence-corrected chi connectivity index (χ1v) is 17.7. The van der Waals surface area contributed by atoms with Crippen molar-refractivity contribution in [2.24, 2.45) is 0 Å². The van der Waals surface area contributed by atoms with Crippen molar-refractivity contribution in [3.63, 3.8) is 0 Å². The number of hydrogen-bond acceptors (Lipinski definition) is 8. The molecule has 6 rings (SSSR count). The molecule has 2 aliphatic carbocycles. The molecule has 2 aliphatic rings. The summed E-state index contributed by atoms with van der Waals surface area (Å²) in [4.78, 5) is 49.0. The van der Waals surface area contributed by atoms with Crippen LogP contribution in [0.1, 0.15) is 34.1 Å². The fraction of sp³-hybridized carbons (Fsp3) is 0.222. The third-order valence-electron chi connectivity index (χ3n) is 8.42. The van der Waals surface area contributed by atoms with E-state index in [1.165, 1.54) is 0 Å². The van der Waals surface area contributed by atoms with Gasteiger partial charge in [-0.2, -0.15) is 0 Å². The third kappa shape index (κ3) is 7.14. The minimum absolute atomic E-state index is 0.0376. The topological polar surface area (TPSA) is 151 Å². The van der Waals surface area contributed by atoms with Crippen molar-refractivity contribution >= 4 is 45.7 Å². The van der Waals surface area contributed by atoms with Crippen LogP contribution in [0.5, 0.6) is 0 Å². The highest BCUT2D eigenvalue weighted by Crippen LogP contribution is 2.45. The zero-order chi connectivity index (χ0) is 33.6. The number of hydrogen-bond donors (Lipinski definition) is 4. The Bertz CT molecular complexity index is 1630. The van der Waals surface area contributed by atoms with Crippen molar-refractivity contribution < 1.29 is 38.9 Å². The molecule has 2 amide bonds. The van der Waals surface area contributed by atoms with Gasteiger partial charge in [-0.1, -0.05) is 119 Å². The van der Waals surface area contributed by atoms with E-state index in [1.807, 2.05) is 97.1 Å². The molecule has 0 saturated carbocycles. The van der Waals surface area contributed by atoms with Crippen molar-refractivity contribution in [2.75, 3.05) is 24.7 Å². The summed E-state index contributed by atoms with van der Waals surface area (Å²) in [7, 11) is 2.12. The van der Waals surface area contributed by atoms with E-state index in [9.17, 15) is 29.4 Å². The molecule has 246 valence electrons. The van der Waals surface area contributed by atoms with Gasteiger partial charge < -0.3 is 30.3 Å². The van der Waals surface area contributed by atoms with Gasteiger partial charge >= 0.3 is 24.1 Å². The molecule has 0 saturated heterocycles. The predicted octanol–water partition coefficient (Wildman–Crippen LogP) is 6.35. The second kappa shape index (κ2) is 14.9. The van der Waals surface area contributed by atoms with Crippen LogP contribution >= 0.6 is 21.6 Å². The average Bonchev–Trinajstić information content (AvgIpc) is 3.59. The summed E-state index contributed by atoms with van der Waals surface area (Å²) < 4.78 is 10.9. The lowest BCUT2D eigenvalue weighted by atomic mass is 9.98. The number of amides is 2. The number of carbonyl (C=O) groups excluding carboxylic acids is 2. The van der Waals surface area contributed by atoms with Gasteiger partial charge in [0.1, 0.15) is 25.3 Å². The van der Waals surface area contributed by atoms with Crippen molar-refractivity contribution in [1.29, 1.82) is 0 Å². The highest BCUT2D eigenvalue weighted by atomic mass is 33.1. The number of nitrogens with one attached hydrogen (secondary N) is 2. The maximum absolute atomic E-state index is 12.6. The molecule has 0 spiro atoms. The number of rotatable bonds is 13. The fourth-order valence-corrected chi connectivity index (χ4v) is 8.46. The summed E-state index contributed by atoms with van der Waals surface area (Å²) in [5, 5.41) is 24.2. The number of carbonyl (C=O) groups is 4. The van der Waals surface area contributed by atoms with Crippen molar-refractivity contribution in [3.8, 4) is 22.3 Å². The monoisotopic (exact) mass is 684 g/mol.